The van der Waals surface area contributed by atoms with E-state index in [9.17, 15) is 0 Å². The van der Waals surface area contributed by atoms with Gasteiger partial charge in [0.05, 0.1) is 29.9 Å². The van der Waals surface area contributed by atoms with E-state index >= 15 is 0 Å². The number of hydrogen-bond acceptors (Lipinski definition) is 2. The lowest BCUT2D eigenvalue weighted by Gasteiger charge is -2.19. The van der Waals surface area contributed by atoms with Crippen molar-refractivity contribution < 1.29 is 9.47 Å². The molecule has 3 nitrogen and oxygen atoms in total. The van der Waals surface area contributed by atoms with E-state index in [0.29, 0.717) is 13.2 Å². The lowest BCUT2D eigenvalue weighted by atomic mass is 10.1. The number of ether oxygens (including phenoxy) is 2. The maximum Gasteiger partial charge on any atom is 0.186 e. The first-order valence-electron chi connectivity index (χ1n) is 8.66. The van der Waals surface area contributed by atoms with Crippen LogP contribution in [0.5, 0.6) is 0 Å². The van der Waals surface area contributed by atoms with E-state index in [4.69, 9.17) is 9.47 Å². The molecule has 1 fully saturated rings. The predicted octanol–water partition coefficient (Wildman–Crippen LogP) is 5.14. The number of aryl methyl sites for hydroxylation is 1. The third-order valence-corrected chi connectivity index (χ3v) is 4.95. The van der Waals surface area contributed by atoms with Gasteiger partial charge in [-0.05, 0) is 24.6 Å². The molecule has 0 N–H and O–H groups in total. The van der Waals surface area contributed by atoms with Gasteiger partial charge in [0.2, 0.25) is 0 Å². The fourth-order valence-corrected chi connectivity index (χ4v) is 3.88. The Morgan fingerprint density at radius 3 is 2.00 bits per heavy atom. The molecule has 4 aromatic rings. The second-order valence-electron chi connectivity index (χ2n) is 6.46. The van der Waals surface area contributed by atoms with Gasteiger partial charge in [-0.15, -0.1) is 0 Å². The summed E-state index contributed by atoms with van der Waals surface area (Å²) in [6, 6.07) is 23.5. The van der Waals surface area contributed by atoms with Crippen molar-refractivity contribution in [3.63, 3.8) is 0 Å². The Labute approximate surface area is 146 Å². The molecule has 3 aromatic carbocycles. The van der Waals surface area contributed by atoms with Gasteiger partial charge in [-0.2, -0.15) is 0 Å². The van der Waals surface area contributed by atoms with Crippen LogP contribution in [0.25, 0.3) is 27.5 Å². The maximum atomic E-state index is 5.82. The predicted molar refractivity (Wildman–Crippen MR) is 100 cm³/mol. The van der Waals surface area contributed by atoms with Crippen molar-refractivity contribution in [2.45, 2.75) is 13.2 Å². The van der Waals surface area contributed by atoms with Gasteiger partial charge >= 0.3 is 0 Å². The third-order valence-electron chi connectivity index (χ3n) is 4.95. The van der Waals surface area contributed by atoms with Gasteiger partial charge in [-0.25, -0.2) is 0 Å². The number of fused-ring (bicyclic) bond motifs is 3. The lowest BCUT2D eigenvalue weighted by Crippen LogP contribution is -2.07. The van der Waals surface area contributed by atoms with Crippen molar-refractivity contribution in [3.8, 4) is 5.69 Å². The SMILES string of the molecule is Cc1cccc(C2OCCO2)c1-n1c2ccccc2c2ccccc21. The first-order valence-corrected chi connectivity index (χ1v) is 8.66. The molecule has 1 aliphatic rings. The quantitative estimate of drug-likeness (QED) is 0.508. The van der Waals surface area contributed by atoms with Crippen LogP contribution in [0.4, 0.5) is 0 Å². The fourth-order valence-electron chi connectivity index (χ4n) is 3.88. The summed E-state index contributed by atoms with van der Waals surface area (Å²) < 4.78 is 14.0. The Hall–Kier alpha value is -2.62. The average Bonchev–Trinajstić information content (AvgIpc) is 3.28. The van der Waals surface area contributed by atoms with Crippen molar-refractivity contribution in [1.29, 1.82) is 0 Å². The highest BCUT2D eigenvalue weighted by Gasteiger charge is 2.24. The van der Waals surface area contributed by atoms with E-state index < -0.39 is 0 Å². The van der Waals surface area contributed by atoms with E-state index in [1.807, 2.05) is 0 Å². The number of benzene rings is 3. The fraction of sp³-hybridized carbons (Fsp3) is 0.182. The zero-order chi connectivity index (χ0) is 16.8. The van der Waals surface area contributed by atoms with Gasteiger partial charge in [-0.3, -0.25) is 0 Å². The molecular weight excluding hydrogens is 310 g/mol. The lowest BCUT2D eigenvalue weighted by molar-refractivity contribution is -0.0440. The molecule has 0 saturated carbocycles. The van der Waals surface area contributed by atoms with Gasteiger partial charge in [-0.1, -0.05) is 54.6 Å². The van der Waals surface area contributed by atoms with Crippen LogP contribution in [-0.4, -0.2) is 17.8 Å². The Balaban J connectivity index is 1.90. The third kappa shape index (κ3) is 2.20. The summed E-state index contributed by atoms with van der Waals surface area (Å²) in [4.78, 5) is 0. The molecule has 5 rings (SSSR count). The zero-order valence-corrected chi connectivity index (χ0v) is 14.1. The highest BCUT2D eigenvalue weighted by atomic mass is 16.7. The van der Waals surface area contributed by atoms with Gasteiger partial charge in [0.1, 0.15) is 0 Å². The molecule has 0 radical (unpaired) electrons. The normalized spacial score (nSPS) is 15.4. The standard InChI is InChI=1S/C22H19NO2/c1-15-7-6-10-18(22-24-13-14-25-22)21(15)23-19-11-4-2-8-16(19)17-9-3-5-12-20(17)23/h2-12,22H,13-14H2,1H3. The molecule has 0 amide bonds. The topological polar surface area (TPSA) is 23.4 Å². The van der Waals surface area contributed by atoms with E-state index in [1.54, 1.807) is 0 Å². The first kappa shape index (κ1) is 14.7. The maximum absolute atomic E-state index is 5.82. The smallest absolute Gasteiger partial charge is 0.186 e. The van der Waals surface area contributed by atoms with Gasteiger partial charge in [0.15, 0.2) is 6.29 Å². The Kier molecular flexibility index (Phi) is 3.37. The summed E-state index contributed by atoms with van der Waals surface area (Å²) in [5.41, 5.74) is 5.87. The van der Waals surface area contributed by atoms with Crippen LogP contribution in [0, 0.1) is 6.92 Å². The average molecular weight is 329 g/mol. The monoisotopic (exact) mass is 329 g/mol. The summed E-state index contributed by atoms with van der Waals surface area (Å²) in [7, 11) is 0. The molecule has 0 aliphatic carbocycles. The number of para-hydroxylation sites is 3. The molecule has 124 valence electrons. The van der Waals surface area contributed by atoms with Crippen LogP contribution in [0.15, 0.2) is 66.7 Å². The minimum Gasteiger partial charge on any atom is -0.346 e. The summed E-state index contributed by atoms with van der Waals surface area (Å²) in [6.45, 7) is 3.44. The van der Waals surface area contributed by atoms with E-state index in [0.717, 1.165) is 11.3 Å². The van der Waals surface area contributed by atoms with Gasteiger partial charge in [0.25, 0.3) is 0 Å². The molecule has 0 unspecified atom stereocenters. The van der Waals surface area contributed by atoms with E-state index in [-0.39, 0.29) is 6.29 Å². The van der Waals surface area contributed by atoms with Crippen LogP contribution in [0.1, 0.15) is 17.4 Å². The van der Waals surface area contributed by atoms with Crippen molar-refractivity contribution in [1.82, 2.24) is 4.57 Å². The highest BCUT2D eigenvalue weighted by Crippen LogP contribution is 2.37. The number of rotatable bonds is 2. The van der Waals surface area contributed by atoms with Gasteiger partial charge in [0, 0.05) is 16.3 Å². The molecular formula is C22H19NO2. The molecule has 1 aliphatic heterocycles. The molecule has 3 heteroatoms. The van der Waals surface area contributed by atoms with Crippen LogP contribution in [0.2, 0.25) is 0 Å². The second-order valence-corrected chi connectivity index (χ2v) is 6.46. The summed E-state index contributed by atoms with van der Waals surface area (Å²) in [5.74, 6) is 0. The molecule has 1 aromatic heterocycles. The van der Waals surface area contributed by atoms with Crippen LogP contribution >= 0.6 is 0 Å². The number of nitrogens with zero attached hydrogens (tertiary/aromatic N) is 1. The van der Waals surface area contributed by atoms with Gasteiger partial charge < -0.3 is 14.0 Å². The minimum absolute atomic E-state index is 0.296. The van der Waals surface area contributed by atoms with E-state index in [1.165, 1.54) is 27.4 Å². The summed E-state index contributed by atoms with van der Waals surface area (Å²) in [6.07, 6.45) is -0.296. The molecule has 0 atom stereocenters. The number of aromatic nitrogens is 1. The Bertz CT molecular complexity index is 1020. The molecule has 1 saturated heterocycles. The van der Waals surface area contributed by atoms with Crippen LogP contribution < -0.4 is 0 Å². The Morgan fingerprint density at radius 1 is 0.760 bits per heavy atom. The van der Waals surface area contributed by atoms with Crippen molar-refractivity contribution in [3.05, 3.63) is 77.9 Å². The Morgan fingerprint density at radius 2 is 1.36 bits per heavy atom. The molecule has 25 heavy (non-hydrogen) atoms. The molecule has 0 spiro atoms. The van der Waals surface area contributed by atoms with E-state index in [2.05, 4.69) is 78.2 Å². The zero-order valence-electron chi connectivity index (χ0n) is 14.1. The summed E-state index contributed by atoms with van der Waals surface area (Å²) >= 11 is 0. The van der Waals surface area contributed by atoms with Crippen molar-refractivity contribution in [2.24, 2.45) is 0 Å². The number of hydrogen-bond donors (Lipinski definition) is 0. The molecule has 0 bridgehead atoms. The summed E-state index contributed by atoms with van der Waals surface area (Å²) in [5, 5.41) is 2.53. The molecule has 2 heterocycles. The van der Waals surface area contributed by atoms with Crippen LogP contribution in [0.3, 0.4) is 0 Å². The first-order chi connectivity index (χ1) is 12.3. The second kappa shape index (κ2) is 5.73. The van der Waals surface area contributed by atoms with Crippen molar-refractivity contribution in [2.75, 3.05) is 13.2 Å². The van der Waals surface area contributed by atoms with Crippen LogP contribution in [-0.2, 0) is 9.47 Å². The largest absolute Gasteiger partial charge is 0.346 e. The highest BCUT2D eigenvalue weighted by molar-refractivity contribution is 6.09. The minimum atomic E-state index is -0.296. The van der Waals surface area contributed by atoms with Crippen molar-refractivity contribution >= 4 is 21.8 Å².